The van der Waals surface area contributed by atoms with Crippen molar-refractivity contribution in [3.8, 4) is 5.75 Å². The van der Waals surface area contributed by atoms with Gasteiger partial charge < -0.3 is 20.7 Å². The molecule has 1 aliphatic heterocycles. The fraction of sp³-hybridized carbons (Fsp3) is 0.440. The van der Waals surface area contributed by atoms with Gasteiger partial charge in [-0.1, -0.05) is 24.3 Å². The van der Waals surface area contributed by atoms with E-state index in [1.54, 1.807) is 14.2 Å². The molecule has 0 saturated carbocycles. The minimum atomic E-state index is -0.0819. The molecule has 2 aromatic rings. The smallest absolute Gasteiger partial charge is 0.251 e. The molecule has 180 valence electrons. The van der Waals surface area contributed by atoms with Crippen molar-refractivity contribution in [3.63, 3.8) is 0 Å². The van der Waals surface area contributed by atoms with Crippen LogP contribution >= 0.6 is 24.0 Å². The number of halogens is 1. The molecule has 7 nitrogen and oxygen atoms in total. The molecule has 3 N–H and O–H groups in total. The highest BCUT2D eigenvalue weighted by atomic mass is 127. The van der Waals surface area contributed by atoms with Crippen molar-refractivity contribution in [3.05, 3.63) is 65.2 Å². The van der Waals surface area contributed by atoms with E-state index in [4.69, 9.17) is 9.73 Å². The summed E-state index contributed by atoms with van der Waals surface area (Å²) >= 11 is 0. The van der Waals surface area contributed by atoms with Gasteiger partial charge in [0.25, 0.3) is 5.91 Å². The molecule has 33 heavy (non-hydrogen) atoms. The molecule has 0 aliphatic carbocycles. The monoisotopic (exact) mass is 565 g/mol. The van der Waals surface area contributed by atoms with Crippen molar-refractivity contribution in [1.82, 2.24) is 20.9 Å². The number of nitrogens with one attached hydrogen (secondary N) is 3. The zero-order valence-electron chi connectivity index (χ0n) is 19.8. The largest absolute Gasteiger partial charge is 0.497 e. The van der Waals surface area contributed by atoms with Crippen LogP contribution in [0.15, 0.2) is 53.5 Å². The molecule has 1 aliphatic rings. The van der Waals surface area contributed by atoms with Crippen LogP contribution in [0.2, 0.25) is 0 Å². The highest BCUT2D eigenvalue weighted by Crippen LogP contribution is 2.26. The fourth-order valence-electron chi connectivity index (χ4n) is 3.95. The van der Waals surface area contributed by atoms with Crippen molar-refractivity contribution in [2.45, 2.75) is 32.4 Å². The van der Waals surface area contributed by atoms with Crippen LogP contribution < -0.4 is 20.7 Å². The quantitative estimate of drug-likeness (QED) is 0.246. The van der Waals surface area contributed by atoms with Crippen LogP contribution in [-0.4, -0.2) is 57.1 Å². The van der Waals surface area contributed by atoms with Gasteiger partial charge in [-0.15, -0.1) is 24.0 Å². The first-order valence-corrected chi connectivity index (χ1v) is 11.4. The molecule has 1 heterocycles. The van der Waals surface area contributed by atoms with Gasteiger partial charge in [-0.3, -0.25) is 9.69 Å². The van der Waals surface area contributed by atoms with E-state index in [2.05, 4.69) is 39.9 Å². The topological polar surface area (TPSA) is 78.0 Å². The second-order valence-corrected chi connectivity index (χ2v) is 7.88. The van der Waals surface area contributed by atoms with Gasteiger partial charge in [0, 0.05) is 25.7 Å². The third-order valence-corrected chi connectivity index (χ3v) is 5.75. The summed E-state index contributed by atoms with van der Waals surface area (Å²) in [6, 6.07) is 16.2. The Morgan fingerprint density at radius 1 is 1.06 bits per heavy atom. The number of carbonyl (C=O) groups excluding carboxylic acids is 1. The van der Waals surface area contributed by atoms with Crippen molar-refractivity contribution in [2.75, 3.05) is 40.3 Å². The van der Waals surface area contributed by atoms with Gasteiger partial charge in [0.05, 0.1) is 19.7 Å². The fourth-order valence-corrected chi connectivity index (χ4v) is 3.95. The number of carbonyl (C=O) groups is 1. The lowest BCUT2D eigenvalue weighted by Crippen LogP contribution is -2.42. The van der Waals surface area contributed by atoms with Gasteiger partial charge in [-0.25, -0.2) is 4.99 Å². The number of rotatable bonds is 9. The number of guanidine groups is 1. The van der Waals surface area contributed by atoms with Crippen molar-refractivity contribution in [2.24, 2.45) is 4.99 Å². The summed E-state index contributed by atoms with van der Waals surface area (Å²) in [6.45, 7) is 6.40. The highest BCUT2D eigenvalue weighted by molar-refractivity contribution is 14.0. The van der Waals surface area contributed by atoms with E-state index in [-0.39, 0.29) is 35.9 Å². The number of benzene rings is 2. The summed E-state index contributed by atoms with van der Waals surface area (Å²) in [5.74, 6) is 1.58. The lowest BCUT2D eigenvalue weighted by molar-refractivity contribution is 0.0963. The second-order valence-electron chi connectivity index (χ2n) is 7.88. The molecule has 0 spiro atoms. The highest BCUT2D eigenvalue weighted by Gasteiger charge is 2.23. The predicted octanol–water partition coefficient (Wildman–Crippen LogP) is 3.57. The molecule has 1 fully saturated rings. The van der Waals surface area contributed by atoms with Gasteiger partial charge >= 0.3 is 0 Å². The molecule has 1 unspecified atom stereocenters. The van der Waals surface area contributed by atoms with E-state index >= 15 is 0 Å². The van der Waals surface area contributed by atoms with E-state index in [0.29, 0.717) is 12.1 Å². The number of aliphatic imine (C=N–C) groups is 1. The number of nitrogens with zero attached hydrogens (tertiary/aromatic N) is 2. The number of likely N-dealkylation sites (tertiary alicyclic amines) is 1. The molecule has 0 aromatic heterocycles. The Labute approximate surface area is 214 Å². The molecular formula is C25H36IN5O2. The standard InChI is InChI=1S/C25H35N5O2.HI/c1-4-27-25(28-17-19-7-9-21(10-8-19)24(31)26-2)29-18-23(30-15-5-6-16-30)20-11-13-22(32-3)14-12-20;/h7-14,23H,4-6,15-18H2,1-3H3,(H,26,31)(H2,27,28,29);1H. The van der Waals surface area contributed by atoms with Gasteiger partial charge in [0.1, 0.15) is 5.75 Å². The third kappa shape index (κ3) is 7.89. The number of methoxy groups -OCH3 is 1. The second kappa shape index (κ2) is 14.0. The maximum atomic E-state index is 11.7. The first-order valence-electron chi connectivity index (χ1n) is 11.4. The van der Waals surface area contributed by atoms with E-state index in [9.17, 15) is 4.79 Å². The van der Waals surface area contributed by atoms with Crippen LogP contribution in [0.5, 0.6) is 5.75 Å². The van der Waals surface area contributed by atoms with Crippen molar-refractivity contribution >= 4 is 35.8 Å². The molecular weight excluding hydrogens is 529 g/mol. The number of hydrogen-bond acceptors (Lipinski definition) is 4. The van der Waals surface area contributed by atoms with E-state index < -0.39 is 0 Å². The van der Waals surface area contributed by atoms with Crippen molar-refractivity contribution in [1.29, 1.82) is 0 Å². The van der Waals surface area contributed by atoms with Gasteiger partial charge in [-0.2, -0.15) is 0 Å². The summed E-state index contributed by atoms with van der Waals surface area (Å²) in [4.78, 5) is 19.0. The Balaban J connectivity index is 0.00000385. The average Bonchev–Trinajstić information content (AvgIpc) is 3.37. The van der Waals surface area contributed by atoms with Crippen LogP contribution in [0.3, 0.4) is 0 Å². The zero-order valence-corrected chi connectivity index (χ0v) is 22.1. The summed E-state index contributed by atoms with van der Waals surface area (Å²) < 4.78 is 5.32. The number of amides is 1. The van der Waals surface area contributed by atoms with Crippen LogP contribution in [0.4, 0.5) is 0 Å². The van der Waals surface area contributed by atoms with Crippen LogP contribution in [-0.2, 0) is 6.54 Å². The summed E-state index contributed by atoms with van der Waals surface area (Å²) in [5, 5.41) is 9.52. The Morgan fingerprint density at radius 2 is 1.73 bits per heavy atom. The Bertz CT molecular complexity index is 881. The molecule has 2 aromatic carbocycles. The average molecular weight is 566 g/mol. The number of ether oxygens (including phenoxy) is 1. The zero-order chi connectivity index (χ0) is 22.8. The molecule has 3 rings (SSSR count). The Kier molecular flexibility index (Phi) is 11.5. The molecule has 0 bridgehead atoms. The van der Waals surface area contributed by atoms with Gasteiger partial charge in [-0.05, 0) is 68.2 Å². The summed E-state index contributed by atoms with van der Waals surface area (Å²) in [6.07, 6.45) is 2.49. The van der Waals surface area contributed by atoms with Crippen LogP contribution in [0.1, 0.15) is 47.3 Å². The maximum Gasteiger partial charge on any atom is 0.251 e. The van der Waals surface area contributed by atoms with Gasteiger partial charge in [0.15, 0.2) is 5.96 Å². The minimum absolute atomic E-state index is 0. The lowest BCUT2D eigenvalue weighted by Gasteiger charge is -2.29. The van der Waals surface area contributed by atoms with E-state index in [1.165, 1.54) is 18.4 Å². The molecule has 8 heteroatoms. The van der Waals surface area contributed by atoms with Crippen molar-refractivity contribution < 1.29 is 9.53 Å². The number of hydrogen-bond donors (Lipinski definition) is 3. The molecule has 1 atom stereocenters. The first kappa shape index (κ1) is 26.9. The summed E-state index contributed by atoms with van der Waals surface area (Å²) in [7, 11) is 3.33. The lowest BCUT2D eigenvalue weighted by atomic mass is 10.1. The Hall–Kier alpha value is -2.33. The molecule has 0 radical (unpaired) electrons. The van der Waals surface area contributed by atoms with Crippen LogP contribution in [0, 0.1) is 0 Å². The normalized spacial score (nSPS) is 14.8. The molecule has 1 amide bonds. The van der Waals surface area contributed by atoms with Gasteiger partial charge in [0.2, 0.25) is 0 Å². The Morgan fingerprint density at radius 3 is 2.30 bits per heavy atom. The van der Waals surface area contributed by atoms with Crippen LogP contribution in [0.25, 0.3) is 0 Å². The SMILES string of the molecule is CCNC(=NCc1ccc(C(=O)NC)cc1)NCC(c1ccc(OC)cc1)N1CCCC1.I. The predicted molar refractivity (Wildman–Crippen MR) is 145 cm³/mol. The first-order chi connectivity index (χ1) is 15.6. The third-order valence-electron chi connectivity index (χ3n) is 5.75. The van der Waals surface area contributed by atoms with E-state index in [1.807, 2.05) is 36.4 Å². The minimum Gasteiger partial charge on any atom is -0.497 e. The van der Waals surface area contributed by atoms with E-state index in [0.717, 1.165) is 43.5 Å². The maximum absolute atomic E-state index is 11.7. The molecule has 1 saturated heterocycles. The summed E-state index contributed by atoms with van der Waals surface area (Å²) in [5.41, 5.74) is 2.99.